The summed E-state index contributed by atoms with van der Waals surface area (Å²) in [5, 5.41) is 0. The van der Waals surface area contributed by atoms with Crippen LogP contribution < -0.4 is 9.47 Å². The van der Waals surface area contributed by atoms with Crippen molar-refractivity contribution in [3.63, 3.8) is 0 Å². The fourth-order valence-corrected chi connectivity index (χ4v) is 1.93. The van der Waals surface area contributed by atoms with Crippen LogP contribution in [0.5, 0.6) is 11.5 Å². The third kappa shape index (κ3) is 5.55. The summed E-state index contributed by atoms with van der Waals surface area (Å²) in [6.45, 7) is 7.95. The Bertz CT molecular complexity index is 567. The zero-order valence-corrected chi connectivity index (χ0v) is 14.3. The molecular weight excluding hydrogens is 288 g/mol. The van der Waals surface area contributed by atoms with Crippen LogP contribution in [0.3, 0.4) is 0 Å². The third-order valence-electron chi connectivity index (χ3n) is 3.74. The Kier molecular flexibility index (Phi) is 6.85. The second kappa shape index (κ2) is 9.13. The van der Waals surface area contributed by atoms with Gasteiger partial charge < -0.3 is 9.47 Å². The molecule has 0 spiro atoms. The zero-order chi connectivity index (χ0) is 16.5. The zero-order valence-electron chi connectivity index (χ0n) is 14.3. The van der Waals surface area contributed by atoms with Crippen molar-refractivity contribution in [1.82, 2.24) is 9.97 Å². The van der Waals surface area contributed by atoms with Crippen molar-refractivity contribution in [2.75, 3.05) is 13.2 Å². The van der Waals surface area contributed by atoms with Crippen LogP contribution >= 0.6 is 0 Å². The quantitative estimate of drug-likeness (QED) is 0.627. The van der Waals surface area contributed by atoms with Gasteiger partial charge in [-0.2, -0.15) is 0 Å². The van der Waals surface area contributed by atoms with Gasteiger partial charge in [-0.3, -0.25) is 0 Å². The highest BCUT2D eigenvalue weighted by molar-refractivity contribution is 5.56. The molecule has 1 aromatic carbocycles. The summed E-state index contributed by atoms with van der Waals surface area (Å²) in [4.78, 5) is 8.74. The van der Waals surface area contributed by atoms with E-state index in [4.69, 9.17) is 9.47 Å². The van der Waals surface area contributed by atoms with E-state index in [1.54, 1.807) is 12.4 Å². The molecule has 0 saturated heterocycles. The van der Waals surface area contributed by atoms with Crippen molar-refractivity contribution in [3.8, 4) is 22.9 Å². The van der Waals surface area contributed by atoms with Crippen LogP contribution in [-0.2, 0) is 0 Å². The van der Waals surface area contributed by atoms with Gasteiger partial charge >= 0.3 is 0 Å². The van der Waals surface area contributed by atoms with E-state index in [2.05, 4.69) is 30.7 Å². The highest BCUT2D eigenvalue weighted by Gasteiger charge is 2.04. The molecule has 2 rings (SSSR count). The SMILES string of the molecule is CCCCOc1cnc(-c2ccc(OCC(C)CC)cc2)nc1. The monoisotopic (exact) mass is 314 g/mol. The lowest BCUT2D eigenvalue weighted by atomic mass is 10.1. The topological polar surface area (TPSA) is 44.2 Å². The summed E-state index contributed by atoms with van der Waals surface area (Å²) >= 11 is 0. The van der Waals surface area contributed by atoms with Crippen LogP contribution in [0, 0.1) is 5.92 Å². The largest absolute Gasteiger partial charge is 0.493 e. The molecule has 0 aliphatic heterocycles. The predicted octanol–water partition coefficient (Wildman–Crippen LogP) is 4.75. The molecule has 0 amide bonds. The molecule has 2 aromatic rings. The maximum absolute atomic E-state index is 5.76. The fraction of sp³-hybridized carbons (Fsp3) is 0.474. The molecule has 1 unspecified atom stereocenters. The molecule has 124 valence electrons. The van der Waals surface area contributed by atoms with E-state index >= 15 is 0 Å². The van der Waals surface area contributed by atoms with Gasteiger partial charge in [-0.05, 0) is 36.6 Å². The molecule has 0 radical (unpaired) electrons. The van der Waals surface area contributed by atoms with E-state index in [-0.39, 0.29) is 0 Å². The Balaban J connectivity index is 1.93. The summed E-state index contributed by atoms with van der Waals surface area (Å²) in [7, 11) is 0. The molecular formula is C19H26N2O2. The molecule has 1 heterocycles. The van der Waals surface area contributed by atoms with Crippen LogP contribution in [0.2, 0.25) is 0 Å². The molecule has 0 bridgehead atoms. The average Bonchev–Trinajstić information content (AvgIpc) is 2.61. The van der Waals surface area contributed by atoms with Crippen LogP contribution in [-0.4, -0.2) is 23.2 Å². The van der Waals surface area contributed by atoms with E-state index in [0.717, 1.165) is 42.9 Å². The molecule has 0 saturated carbocycles. The lowest BCUT2D eigenvalue weighted by Gasteiger charge is -2.11. The Morgan fingerprint density at radius 1 is 0.957 bits per heavy atom. The van der Waals surface area contributed by atoms with Gasteiger partial charge in [0, 0.05) is 5.56 Å². The van der Waals surface area contributed by atoms with Crippen molar-refractivity contribution < 1.29 is 9.47 Å². The normalized spacial score (nSPS) is 12.0. The fourth-order valence-electron chi connectivity index (χ4n) is 1.93. The lowest BCUT2D eigenvalue weighted by Crippen LogP contribution is -2.07. The molecule has 0 aliphatic rings. The minimum Gasteiger partial charge on any atom is -0.493 e. The smallest absolute Gasteiger partial charge is 0.159 e. The second-order valence-electron chi connectivity index (χ2n) is 5.79. The lowest BCUT2D eigenvalue weighted by molar-refractivity contribution is 0.256. The number of rotatable bonds is 9. The van der Waals surface area contributed by atoms with Gasteiger partial charge in [0.25, 0.3) is 0 Å². The van der Waals surface area contributed by atoms with E-state index in [1.807, 2.05) is 24.3 Å². The maximum atomic E-state index is 5.76. The summed E-state index contributed by atoms with van der Waals surface area (Å²) in [5.41, 5.74) is 0.973. The first-order chi connectivity index (χ1) is 11.2. The highest BCUT2D eigenvalue weighted by atomic mass is 16.5. The van der Waals surface area contributed by atoms with Gasteiger partial charge in [-0.25, -0.2) is 9.97 Å². The molecule has 23 heavy (non-hydrogen) atoms. The summed E-state index contributed by atoms with van der Waals surface area (Å²) < 4.78 is 11.3. The third-order valence-corrected chi connectivity index (χ3v) is 3.74. The van der Waals surface area contributed by atoms with Crippen molar-refractivity contribution in [2.24, 2.45) is 5.92 Å². The number of nitrogens with zero attached hydrogens (tertiary/aromatic N) is 2. The summed E-state index contributed by atoms with van der Waals surface area (Å²) in [5.74, 6) is 2.86. The van der Waals surface area contributed by atoms with Gasteiger partial charge in [0.15, 0.2) is 11.6 Å². The standard InChI is InChI=1S/C19H26N2O2/c1-4-6-11-22-18-12-20-19(21-13-18)16-7-9-17(10-8-16)23-14-15(3)5-2/h7-10,12-13,15H,4-6,11,14H2,1-3H3. The van der Waals surface area contributed by atoms with E-state index in [0.29, 0.717) is 18.3 Å². The first-order valence-corrected chi connectivity index (χ1v) is 8.41. The van der Waals surface area contributed by atoms with Crippen LogP contribution in [0.15, 0.2) is 36.7 Å². The highest BCUT2D eigenvalue weighted by Crippen LogP contribution is 2.21. The van der Waals surface area contributed by atoms with Gasteiger partial charge in [0.05, 0.1) is 25.6 Å². The van der Waals surface area contributed by atoms with Crippen molar-refractivity contribution >= 4 is 0 Å². The van der Waals surface area contributed by atoms with E-state index in [1.165, 1.54) is 0 Å². The maximum Gasteiger partial charge on any atom is 0.159 e. The van der Waals surface area contributed by atoms with E-state index < -0.39 is 0 Å². The Hall–Kier alpha value is -2.10. The molecule has 1 atom stereocenters. The average molecular weight is 314 g/mol. The Morgan fingerprint density at radius 2 is 1.65 bits per heavy atom. The number of hydrogen-bond donors (Lipinski definition) is 0. The number of benzene rings is 1. The van der Waals surface area contributed by atoms with E-state index in [9.17, 15) is 0 Å². The number of hydrogen-bond acceptors (Lipinski definition) is 4. The molecule has 1 aromatic heterocycles. The minimum absolute atomic E-state index is 0.568. The Labute approximate surface area is 138 Å². The summed E-state index contributed by atoms with van der Waals surface area (Å²) in [6, 6.07) is 7.90. The van der Waals surface area contributed by atoms with Crippen LogP contribution in [0.4, 0.5) is 0 Å². The number of unbranched alkanes of at least 4 members (excludes halogenated alkanes) is 1. The van der Waals surface area contributed by atoms with Crippen LogP contribution in [0.25, 0.3) is 11.4 Å². The second-order valence-corrected chi connectivity index (χ2v) is 5.79. The van der Waals surface area contributed by atoms with Gasteiger partial charge in [-0.1, -0.05) is 33.6 Å². The first-order valence-electron chi connectivity index (χ1n) is 8.41. The predicted molar refractivity (Wildman–Crippen MR) is 92.8 cm³/mol. The van der Waals surface area contributed by atoms with Gasteiger partial charge in [-0.15, -0.1) is 0 Å². The van der Waals surface area contributed by atoms with Gasteiger partial charge in [0.2, 0.25) is 0 Å². The molecule has 0 aliphatic carbocycles. The number of aromatic nitrogens is 2. The molecule has 0 fully saturated rings. The number of ether oxygens (including phenoxy) is 2. The van der Waals surface area contributed by atoms with Crippen molar-refractivity contribution in [3.05, 3.63) is 36.7 Å². The van der Waals surface area contributed by atoms with Crippen LogP contribution in [0.1, 0.15) is 40.0 Å². The van der Waals surface area contributed by atoms with Crippen molar-refractivity contribution in [1.29, 1.82) is 0 Å². The Morgan fingerprint density at radius 3 is 2.26 bits per heavy atom. The minimum atomic E-state index is 0.568. The molecule has 0 N–H and O–H groups in total. The molecule has 4 nitrogen and oxygen atoms in total. The summed E-state index contributed by atoms with van der Waals surface area (Å²) in [6.07, 6.45) is 6.74. The molecule has 4 heteroatoms. The van der Waals surface area contributed by atoms with Crippen molar-refractivity contribution in [2.45, 2.75) is 40.0 Å². The first kappa shape index (κ1) is 17.3. The van der Waals surface area contributed by atoms with Gasteiger partial charge in [0.1, 0.15) is 5.75 Å².